The van der Waals surface area contributed by atoms with Crippen molar-refractivity contribution in [3.05, 3.63) is 65.7 Å². The highest BCUT2D eigenvalue weighted by Crippen LogP contribution is 2.23. The third-order valence-corrected chi connectivity index (χ3v) is 5.71. The van der Waals surface area contributed by atoms with E-state index in [1.54, 1.807) is 4.90 Å². The summed E-state index contributed by atoms with van der Waals surface area (Å²) in [4.78, 5) is 53.5. The molecule has 2 aromatic carbocycles. The monoisotopic (exact) mass is 435 g/mol. The lowest BCUT2D eigenvalue weighted by molar-refractivity contribution is -0.136. The Morgan fingerprint density at radius 1 is 0.812 bits per heavy atom. The minimum absolute atomic E-state index is 0.200. The van der Waals surface area contributed by atoms with E-state index >= 15 is 0 Å². The largest absolute Gasteiger partial charge is 0.452 e. The molecule has 4 rings (SSSR count). The smallest absolute Gasteiger partial charge is 0.338 e. The van der Waals surface area contributed by atoms with E-state index in [0.717, 1.165) is 24.5 Å². The van der Waals surface area contributed by atoms with Gasteiger partial charge in [0.2, 0.25) is 11.8 Å². The van der Waals surface area contributed by atoms with E-state index in [1.807, 2.05) is 18.2 Å². The number of benzene rings is 2. The zero-order chi connectivity index (χ0) is 22.5. The molecule has 2 aliphatic heterocycles. The highest BCUT2D eigenvalue weighted by molar-refractivity contribution is 6.19. The molecule has 0 aliphatic carbocycles. The van der Waals surface area contributed by atoms with Crippen LogP contribution in [-0.4, -0.2) is 66.3 Å². The van der Waals surface area contributed by atoms with Crippen LogP contribution >= 0.6 is 0 Å². The van der Waals surface area contributed by atoms with Crippen LogP contribution in [0.4, 0.5) is 5.69 Å². The fourth-order valence-electron chi connectivity index (χ4n) is 3.91. The molecule has 0 aromatic heterocycles. The van der Waals surface area contributed by atoms with Crippen LogP contribution in [0.5, 0.6) is 0 Å². The molecule has 3 amide bonds. The lowest BCUT2D eigenvalue weighted by Gasteiger charge is -2.34. The number of carbonyl (C=O) groups excluding carboxylic acids is 4. The third kappa shape index (κ3) is 5.03. The van der Waals surface area contributed by atoms with Crippen LogP contribution < -0.4 is 4.90 Å². The molecule has 32 heavy (non-hydrogen) atoms. The van der Waals surface area contributed by atoms with Crippen LogP contribution in [0.3, 0.4) is 0 Å². The molecule has 2 fully saturated rings. The van der Waals surface area contributed by atoms with Crippen molar-refractivity contribution in [1.82, 2.24) is 9.80 Å². The van der Waals surface area contributed by atoms with Crippen LogP contribution in [-0.2, 0) is 25.7 Å². The number of rotatable bonds is 6. The first-order valence-electron chi connectivity index (χ1n) is 10.7. The normalized spacial score (nSPS) is 17.0. The predicted molar refractivity (Wildman–Crippen MR) is 117 cm³/mol. The number of nitrogens with zero attached hydrogens (tertiary/aromatic N) is 3. The summed E-state index contributed by atoms with van der Waals surface area (Å²) in [5.41, 5.74) is 1.93. The summed E-state index contributed by atoms with van der Waals surface area (Å²) in [5.74, 6) is -1.34. The quantitative estimate of drug-likeness (QED) is 0.508. The van der Waals surface area contributed by atoms with E-state index in [0.29, 0.717) is 18.8 Å². The van der Waals surface area contributed by atoms with E-state index < -0.39 is 5.97 Å². The van der Waals surface area contributed by atoms with E-state index in [9.17, 15) is 19.2 Å². The average molecular weight is 435 g/mol. The van der Waals surface area contributed by atoms with Crippen molar-refractivity contribution in [3.8, 4) is 0 Å². The molecule has 2 heterocycles. The van der Waals surface area contributed by atoms with Gasteiger partial charge < -0.3 is 9.64 Å². The number of imide groups is 1. The number of piperazine rings is 1. The van der Waals surface area contributed by atoms with Crippen LogP contribution in [0.1, 0.15) is 28.8 Å². The summed E-state index contributed by atoms with van der Waals surface area (Å²) in [6.45, 7) is 3.25. The van der Waals surface area contributed by atoms with Gasteiger partial charge in [-0.25, -0.2) is 4.79 Å². The van der Waals surface area contributed by atoms with Gasteiger partial charge >= 0.3 is 5.97 Å². The molecule has 0 radical (unpaired) electrons. The predicted octanol–water partition coefficient (Wildman–Crippen LogP) is 1.84. The number of hydrogen-bond acceptors (Lipinski definition) is 6. The molecule has 8 heteroatoms. The second kappa shape index (κ2) is 9.74. The van der Waals surface area contributed by atoms with Gasteiger partial charge in [-0.2, -0.15) is 0 Å². The molecule has 0 bridgehead atoms. The van der Waals surface area contributed by atoms with Crippen LogP contribution in [0.15, 0.2) is 54.6 Å². The van der Waals surface area contributed by atoms with Gasteiger partial charge in [-0.1, -0.05) is 30.3 Å². The lowest BCUT2D eigenvalue weighted by atomic mass is 10.2. The molecule has 166 valence electrons. The number of hydrogen-bond donors (Lipinski definition) is 0. The summed E-state index contributed by atoms with van der Waals surface area (Å²) < 4.78 is 5.18. The molecule has 0 spiro atoms. The van der Waals surface area contributed by atoms with Crippen molar-refractivity contribution in [1.29, 1.82) is 0 Å². The maximum Gasteiger partial charge on any atom is 0.338 e. The van der Waals surface area contributed by atoms with Crippen molar-refractivity contribution in [2.24, 2.45) is 0 Å². The minimum Gasteiger partial charge on any atom is -0.452 e. The molecule has 2 aromatic rings. The Labute approximate surface area is 186 Å². The van der Waals surface area contributed by atoms with Gasteiger partial charge in [0.25, 0.3) is 5.91 Å². The second-order valence-corrected chi connectivity index (χ2v) is 7.89. The molecule has 0 saturated carbocycles. The second-order valence-electron chi connectivity index (χ2n) is 7.89. The molecular weight excluding hydrogens is 410 g/mol. The van der Waals surface area contributed by atoms with Gasteiger partial charge in [0.15, 0.2) is 6.61 Å². The summed E-state index contributed by atoms with van der Waals surface area (Å²) in [7, 11) is 0. The molecular formula is C24H25N3O5. The van der Waals surface area contributed by atoms with Crippen molar-refractivity contribution >= 4 is 29.4 Å². The first kappa shape index (κ1) is 21.7. The molecule has 2 aliphatic rings. The summed E-state index contributed by atoms with van der Waals surface area (Å²) in [6.07, 6.45) is 0.399. The van der Waals surface area contributed by atoms with Gasteiger partial charge in [0.05, 0.1) is 11.3 Å². The van der Waals surface area contributed by atoms with Crippen LogP contribution in [0.2, 0.25) is 0 Å². The minimum atomic E-state index is -0.619. The highest BCUT2D eigenvalue weighted by Gasteiger charge is 2.30. The van der Waals surface area contributed by atoms with Crippen molar-refractivity contribution in [3.63, 3.8) is 0 Å². The van der Waals surface area contributed by atoms with Crippen LogP contribution in [0, 0.1) is 0 Å². The Balaban J connectivity index is 1.23. The summed E-state index contributed by atoms with van der Waals surface area (Å²) in [6, 6.07) is 16.2. The number of ether oxygens (including phenoxy) is 1. The SMILES string of the molecule is O=C(OCC(=O)N1CCN(Cc2ccccc2)CC1)c1ccc(N2C(=O)CCC2=O)cc1. The molecule has 0 atom stereocenters. The average Bonchev–Trinajstić information content (AvgIpc) is 3.16. The van der Waals surface area contributed by atoms with E-state index in [2.05, 4.69) is 17.0 Å². The zero-order valence-corrected chi connectivity index (χ0v) is 17.7. The summed E-state index contributed by atoms with van der Waals surface area (Å²) in [5, 5.41) is 0. The molecule has 0 unspecified atom stereocenters. The first-order valence-corrected chi connectivity index (χ1v) is 10.7. The van der Waals surface area contributed by atoms with Crippen LogP contribution in [0.25, 0.3) is 0 Å². The fraction of sp³-hybridized carbons (Fsp3) is 0.333. The maximum atomic E-state index is 12.4. The van der Waals surface area contributed by atoms with Crippen molar-refractivity contribution in [2.75, 3.05) is 37.7 Å². The Hall–Kier alpha value is -3.52. The maximum absolute atomic E-state index is 12.4. The highest BCUT2D eigenvalue weighted by atomic mass is 16.5. The fourth-order valence-corrected chi connectivity index (χ4v) is 3.91. The Morgan fingerprint density at radius 2 is 1.44 bits per heavy atom. The Bertz CT molecular complexity index is 982. The zero-order valence-electron chi connectivity index (χ0n) is 17.7. The molecule has 8 nitrogen and oxygen atoms in total. The number of anilines is 1. The van der Waals surface area contributed by atoms with Gasteiger partial charge in [-0.05, 0) is 29.8 Å². The number of carbonyl (C=O) groups is 4. The molecule has 2 saturated heterocycles. The van der Waals surface area contributed by atoms with Gasteiger partial charge in [-0.15, -0.1) is 0 Å². The molecule has 0 N–H and O–H groups in total. The number of esters is 1. The Morgan fingerprint density at radius 3 is 2.06 bits per heavy atom. The Kier molecular flexibility index (Phi) is 6.61. The first-order chi connectivity index (χ1) is 15.5. The van der Waals surface area contributed by atoms with Gasteiger partial charge in [-0.3, -0.25) is 24.2 Å². The standard InChI is InChI=1S/C24H25N3O5/c28-21-10-11-22(29)27(21)20-8-6-19(7-9-20)24(31)32-17-23(30)26-14-12-25(13-15-26)16-18-4-2-1-3-5-18/h1-9H,10-17H2. The third-order valence-electron chi connectivity index (χ3n) is 5.71. The van der Waals surface area contributed by atoms with E-state index in [1.165, 1.54) is 29.8 Å². The summed E-state index contributed by atoms with van der Waals surface area (Å²) >= 11 is 0. The van der Waals surface area contributed by atoms with Crippen molar-refractivity contribution in [2.45, 2.75) is 19.4 Å². The topological polar surface area (TPSA) is 87.2 Å². The number of amides is 3. The van der Waals surface area contributed by atoms with E-state index in [4.69, 9.17) is 4.74 Å². The van der Waals surface area contributed by atoms with E-state index in [-0.39, 0.29) is 42.7 Å². The van der Waals surface area contributed by atoms with Crippen molar-refractivity contribution < 1.29 is 23.9 Å². The van der Waals surface area contributed by atoms with Gasteiger partial charge in [0.1, 0.15) is 0 Å². The van der Waals surface area contributed by atoms with Gasteiger partial charge in [0, 0.05) is 45.6 Å². The lowest BCUT2D eigenvalue weighted by Crippen LogP contribution is -2.49.